The zero-order valence-corrected chi connectivity index (χ0v) is 12.6. The Balaban J connectivity index is 2.46. The first kappa shape index (κ1) is 15.2. The van der Waals surface area contributed by atoms with Crippen LogP contribution in [0.1, 0.15) is 32.3 Å². The van der Waals surface area contributed by atoms with Gasteiger partial charge in [0.1, 0.15) is 11.7 Å². The Kier molecular flexibility index (Phi) is 4.73. The normalized spacial score (nSPS) is 13.7. The molecule has 0 fully saturated rings. The van der Waals surface area contributed by atoms with Crippen LogP contribution in [0.4, 0.5) is 0 Å². The van der Waals surface area contributed by atoms with E-state index in [1.165, 1.54) is 6.92 Å². The van der Waals surface area contributed by atoms with Gasteiger partial charge in [0.15, 0.2) is 0 Å². The number of esters is 1. The first-order valence-electron chi connectivity index (χ1n) is 7.21. The summed E-state index contributed by atoms with van der Waals surface area (Å²) in [6.07, 6.45) is 0. The molecule has 2 aromatic carbocycles. The van der Waals surface area contributed by atoms with Crippen LogP contribution in [0, 0.1) is 5.92 Å². The Morgan fingerprint density at radius 3 is 2.43 bits per heavy atom. The second kappa shape index (κ2) is 6.53. The zero-order chi connectivity index (χ0) is 15.4. The van der Waals surface area contributed by atoms with Gasteiger partial charge in [0, 0.05) is 5.92 Å². The van der Waals surface area contributed by atoms with E-state index in [-0.39, 0.29) is 18.3 Å². The van der Waals surface area contributed by atoms with E-state index in [0.29, 0.717) is 0 Å². The van der Waals surface area contributed by atoms with Crippen molar-refractivity contribution in [3.63, 3.8) is 0 Å². The van der Waals surface area contributed by atoms with Crippen molar-refractivity contribution < 1.29 is 14.3 Å². The van der Waals surface area contributed by atoms with E-state index in [0.717, 1.165) is 16.3 Å². The summed E-state index contributed by atoms with van der Waals surface area (Å²) < 4.78 is 5.06. The number of fused-ring (bicyclic) bond motifs is 1. The number of hydrogen-bond acceptors (Lipinski definition) is 3. The Labute approximate surface area is 124 Å². The predicted molar refractivity (Wildman–Crippen MR) is 83.2 cm³/mol. The van der Waals surface area contributed by atoms with Crippen molar-refractivity contribution in [3.05, 3.63) is 48.0 Å². The number of ketones is 1. The fourth-order valence-electron chi connectivity index (χ4n) is 2.78. The van der Waals surface area contributed by atoms with Crippen LogP contribution >= 0.6 is 0 Å². The van der Waals surface area contributed by atoms with Gasteiger partial charge < -0.3 is 4.74 Å². The van der Waals surface area contributed by atoms with E-state index in [9.17, 15) is 9.59 Å². The monoisotopic (exact) mass is 284 g/mol. The van der Waals surface area contributed by atoms with Gasteiger partial charge in [-0.3, -0.25) is 9.59 Å². The van der Waals surface area contributed by atoms with Crippen LogP contribution in [-0.4, -0.2) is 18.4 Å². The molecule has 3 nitrogen and oxygen atoms in total. The molecule has 0 aliphatic heterocycles. The number of benzene rings is 2. The maximum atomic E-state index is 12.1. The molecule has 0 N–H and O–H groups in total. The van der Waals surface area contributed by atoms with E-state index in [1.807, 2.05) is 49.4 Å². The van der Waals surface area contributed by atoms with Crippen LogP contribution in [0.15, 0.2) is 42.5 Å². The molecule has 0 aromatic heterocycles. The number of hydrogen-bond donors (Lipinski definition) is 0. The molecular weight excluding hydrogens is 264 g/mol. The Hall–Kier alpha value is -2.16. The Bertz CT molecular complexity index is 655. The third kappa shape index (κ3) is 3.13. The van der Waals surface area contributed by atoms with Gasteiger partial charge in [-0.15, -0.1) is 0 Å². The summed E-state index contributed by atoms with van der Waals surface area (Å²) in [4.78, 5) is 24.0. The molecule has 3 heteroatoms. The van der Waals surface area contributed by atoms with Crippen LogP contribution in [0.3, 0.4) is 0 Å². The number of ether oxygens (including phenoxy) is 1. The van der Waals surface area contributed by atoms with Gasteiger partial charge in [-0.05, 0) is 30.2 Å². The lowest BCUT2D eigenvalue weighted by Gasteiger charge is -2.21. The average molecular weight is 284 g/mol. The molecule has 21 heavy (non-hydrogen) atoms. The minimum atomic E-state index is -0.754. The molecular formula is C18H20O3. The smallest absolute Gasteiger partial charge is 0.317 e. The van der Waals surface area contributed by atoms with Gasteiger partial charge in [-0.1, -0.05) is 49.4 Å². The topological polar surface area (TPSA) is 43.4 Å². The molecule has 0 radical (unpaired) electrons. The van der Waals surface area contributed by atoms with Crippen molar-refractivity contribution in [2.45, 2.75) is 26.7 Å². The maximum Gasteiger partial charge on any atom is 0.317 e. The molecule has 0 aliphatic carbocycles. The van der Waals surface area contributed by atoms with Crippen molar-refractivity contribution in [1.82, 2.24) is 0 Å². The first-order chi connectivity index (χ1) is 10.1. The molecule has 2 aromatic rings. The summed E-state index contributed by atoms with van der Waals surface area (Å²) in [5.41, 5.74) is 1.00. The van der Waals surface area contributed by atoms with Gasteiger partial charge in [0.05, 0.1) is 6.61 Å². The molecule has 110 valence electrons. The maximum absolute atomic E-state index is 12.1. The van der Waals surface area contributed by atoms with Crippen LogP contribution in [-0.2, 0) is 14.3 Å². The van der Waals surface area contributed by atoms with Crippen molar-refractivity contribution in [2.75, 3.05) is 6.61 Å². The molecule has 0 saturated carbocycles. The van der Waals surface area contributed by atoms with Gasteiger partial charge >= 0.3 is 5.97 Å². The molecule has 2 rings (SSSR count). The van der Waals surface area contributed by atoms with Gasteiger partial charge in [0.25, 0.3) is 0 Å². The van der Waals surface area contributed by atoms with Crippen molar-refractivity contribution in [3.8, 4) is 0 Å². The number of Topliss-reactive ketones (excluding diaryl/α,β-unsaturated/α-hetero) is 1. The Morgan fingerprint density at radius 1 is 1.10 bits per heavy atom. The quantitative estimate of drug-likeness (QED) is 0.621. The van der Waals surface area contributed by atoms with E-state index in [4.69, 9.17) is 4.74 Å². The molecule has 0 amide bonds. The highest BCUT2D eigenvalue weighted by molar-refractivity contribution is 5.99. The molecule has 0 aliphatic rings. The van der Waals surface area contributed by atoms with Crippen LogP contribution in [0.2, 0.25) is 0 Å². The second-order valence-corrected chi connectivity index (χ2v) is 5.20. The molecule has 2 unspecified atom stereocenters. The lowest BCUT2D eigenvalue weighted by Crippen LogP contribution is -2.29. The van der Waals surface area contributed by atoms with Gasteiger partial charge in [-0.25, -0.2) is 0 Å². The lowest BCUT2D eigenvalue weighted by atomic mass is 9.83. The third-order valence-electron chi connectivity index (χ3n) is 3.79. The summed E-state index contributed by atoms with van der Waals surface area (Å²) in [5, 5.41) is 2.18. The molecule has 0 bridgehead atoms. The van der Waals surface area contributed by atoms with Crippen LogP contribution in [0.5, 0.6) is 0 Å². The third-order valence-corrected chi connectivity index (χ3v) is 3.79. The van der Waals surface area contributed by atoms with Gasteiger partial charge in [-0.2, -0.15) is 0 Å². The van der Waals surface area contributed by atoms with E-state index >= 15 is 0 Å². The standard InChI is InChI=1S/C18H20O3/c1-4-21-18(20)17(13(3)19)12(2)15-11-7-9-14-8-5-6-10-16(14)15/h5-12,17H,4H2,1-3H3. The zero-order valence-electron chi connectivity index (χ0n) is 12.6. The molecule has 0 saturated heterocycles. The van der Waals surface area contributed by atoms with Crippen LogP contribution < -0.4 is 0 Å². The Morgan fingerprint density at radius 2 is 1.76 bits per heavy atom. The van der Waals surface area contributed by atoms with Crippen molar-refractivity contribution >= 4 is 22.5 Å². The van der Waals surface area contributed by atoms with E-state index in [2.05, 4.69) is 0 Å². The summed E-state index contributed by atoms with van der Waals surface area (Å²) in [6.45, 7) is 5.39. The average Bonchev–Trinajstić information content (AvgIpc) is 2.46. The largest absolute Gasteiger partial charge is 0.465 e. The van der Waals surface area contributed by atoms with Crippen molar-refractivity contribution in [1.29, 1.82) is 0 Å². The van der Waals surface area contributed by atoms with Gasteiger partial charge in [0.2, 0.25) is 0 Å². The minimum Gasteiger partial charge on any atom is -0.465 e. The number of rotatable bonds is 5. The highest BCUT2D eigenvalue weighted by atomic mass is 16.5. The minimum absolute atomic E-state index is 0.158. The lowest BCUT2D eigenvalue weighted by molar-refractivity contribution is -0.151. The molecule has 2 atom stereocenters. The van der Waals surface area contributed by atoms with E-state index in [1.54, 1.807) is 6.92 Å². The highest BCUT2D eigenvalue weighted by Crippen LogP contribution is 2.31. The summed E-state index contributed by atoms with van der Waals surface area (Å²) in [5.74, 6) is -1.57. The summed E-state index contributed by atoms with van der Waals surface area (Å²) in [7, 11) is 0. The SMILES string of the molecule is CCOC(=O)C(C(C)=O)C(C)c1cccc2ccccc12. The highest BCUT2D eigenvalue weighted by Gasteiger charge is 2.32. The fourth-order valence-corrected chi connectivity index (χ4v) is 2.78. The fraction of sp³-hybridized carbons (Fsp3) is 0.333. The number of carbonyl (C=O) groups excluding carboxylic acids is 2. The molecule has 0 heterocycles. The predicted octanol–water partition coefficient (Wildman–Crippen LogP) is 3.71. The second-order valence-electron chi connectivity index (χ2n) is 5.20. The van der Waals surface area contributed by atoms with Crippen molar-refractivity contribution in [2.24, 2.45) is 5.92 Å². The summed E-state index contributed by atoms with van der Waals surface area (Å²) in [6, 6.07) is 13.9. The van der Waals surface area contributed by atoms with Crippen LogP contribution in [0.25, 0.3) is 10.8 Å². The first-order valence-corrected chi connectivity index (χ1v) is 7.21. The molecule has 0 spiro atoms. The number of carbonyl (C=O) groups is 2. The van der Waals surface area contributed by atoms with E-state index < -0.39 is 11.9 Å². The summed E-state index contributed by atoms with van der Waals surface area (Å²) >= 11 is 0.